The molecule has 0 radical (unpaired) electrons. The van der Waals surface area contributed by atoms with Crippen LogP contribution in [0, 0.1) is 5.41 Å². The lowest BCUT2D eigenvalue weighted by Gasteiger charge is -2.41. The van der Waals surface area contributed by atoms with Crippen LogP contribution in [0.1, 0.15) is 45.4 Å². The molecule has 3 heterocycles. The molecule has 1 aromatic carbocycles. The lowest BCUT2D eigenvalue weighted by molar-refractivity contribution is -0.139. The van der Waals surface area contributed by atoms with Gasteiger partial charge >= 0.3 is 6.09 Å². The van der Waals surface area contributed by atoms with Gasteiger partial charge < -0.3 is 24.6 Å². The zero-order valence-electron chi connectivity index (χ0n) is 17.9. The topological polar surface area (TPSA) is 71.1 Å². The molecule has 7 heteroatoms. The maximum absolute atomic E-state index is 13.4. The standard InChI is InChI=1S/C23H33N3O4/c1-2-12-24-22(28)30-20-6-4-18(5-7-20)25-13-3-10-23(17-25)11-14-26(21(23)27)19-8-15-29-16-9-19/h4-7,19H,2-3,8-17H2,1H3,(H,24,28)/t23-/m1/s1. The van der Waals surface area contributed by atoms with Gasteiger partial charge in [-0.25, -0.2) is 4.79 Å². The zero-order chi connectivity index (χ0) is 21.0. The van der Waals surface area contributed by atoms with Crippen LogP contribution in [-0.4, -0.2) is 62.3 Å². The van der Waals surface area contributed by atoms with Gasteiger partial charge in [-0.1, -0.05) is 6.92 Å². The number of piperidine rings is 1. The highest BCUT2D eigenvalue weighted by Gasteiger charge is 2.50. The second kappa shape index (κ2) is 9.25. The van der Waals surface area contributed by atoms with Crippen molar-refractivity contribution in [3.63, 3.8) is 0 Å². The van der Waals surface area contributed by atoms with Crippen LogP contribution in [0.4, 0.5) is 10.5 Å². The van der Waals surface area contributed by atoms with Gasteiger partial charge in [-0.2, -0.15) is 0 Å². The number of rotatable bonds is 5. The summed E-state index contributed by atoms with van der Waals surface area (Å²) in [6.45, 7) is 6.71. The van der Waals surface area contributed by atoms with E-state index in [1.807, 2.05) is 31.2 Å². The number of carbonyl (C=O) groups excluding carboxylic acids is 2. The monoisotopic (exact) mass is 415 g/mol. The molecule has 3 fully saturated rings. The number of nitrogens with zero attached hydrogens (tertiary/aromatic N) is 2. The maximum Gasteiger partial charge on any atom is 0.412 e. The summed E-state index contributed by atoms with van der Waals surface area (Å²) in [6.07, 6.45) is 5.29. The first-order chi connectivity index (χ1) is 14.6. The predicted molar refractivity (Wildman–Crippen MR) is 115 cm³/mol. The van der Waals surface area contributed by atoms with Crippen molar-refractivity contribution in [2.45, 2.75) is 51.5 Å². The Bertz CT molecular complexity index is 747. The molecule has 3 aliphatic heterocycles. The summed E-state index contributed by atoms with van der Waals surface area (Å²) >= 11 is 0. The molecule has 7 nitrogen and oxygen atoms in total. The van der Waals surface area contributed by atoms with Gasteiger partial charge in [-0.15, -0.1) is 0 Å². The summed E-state index contributed by atoms with van der Waals surface area (Å²) in [5.41, 5.74) is 0.818. The van der Waals surface area contributed by atoms with Crippen LogP contribution in [0.5, 0.6) is 5.75 Å². The Morgan fingerprint density at radius 2 is 1.97 bits per heavy atom. The van der Waals surface area contributed by atoms with Crippen LogP contribution in [0.25, 0.3) is 0 Å². The predicted octanol–water partition coefficient (Wildman–Crippen LogP) is 3.18. The van der Waals surface area contributed by atoms with E-state index in [9.17, 15) is 9.59 Å². The Morgan fingerprint density at radius 1 is 1.20 bits per heavy atom. The highest BCUT2D eigenvalue weighted by Crippen LogP contribution is 2.43. The van der Waals surface area contributed by atoms with Gasteiger partial charge in [0.1, 0.15) is 5.75 Å². The van der Waals surface area contributed by atoms with Crippen molar-refractivity contribution in [2.75, 3.05) is 44.3 Å². The number of hydrogen-bond donors (Lipinski definition) is 1. The van der Waals surface area contributed by atoms with E-state index in [0.29, 0.717) is 24.2 Å². The van der Waals surface area contributed by atoms with Crippen molar-refractivity contribution in [1.29, 1.82) is 0 Å². The van der Waals surface area contributed by atoms with Gasteiger partial charge in [0.2, 0.25) is 5.91 Å². The molecule has 3 aliphatic rings. The average molecular weight is 416 g/mol. The van der Waals surface area contributed by atoms with Crippen LogP contribution < -0.4 is 15.0 Å². The molecule has 3 saturated heterocycles. The third kappa shape index (κ3) is 4.41. The fourth-order valence-corrected chi connectivity index (χ4v) is 5.02. The molecule has 164 valence electrons. The van der Waals surface area contributed by atoms with Gasteiger partial charge in [0.15, 0.2) is 0 Å². The van der Waals surface area contributed by atoms with E-state index < -0.39 is 6.09 Å². The number of hydrogen-bond acceptors (Lipinski definition) is 5. The number of anilines is 1. The van der Waals surface area contributed by atoms with Crippen LogP contribution >= 0.6 is 0 Å². The van der Waals surface area contributed by atoms with Gasteiger partial charge in [0.25, 0.3) is 0 Å². The summed E-state index contributed by atoms with van der Waals surface area (Å²) in [7, 11) is 0. The Kier molecular flexibility index (Phi) is 6.46. The van der Waals surface area contributed by atoms with Crippen molar-refractivity contribution >= 4 is 17.7 Å². The van der Waals surface area contributed by atoms with Crippen LogP contribution in [0.2, 0.25) is 0 Å². The first-order valence-corrected chi connectivity index (χ1v) is 11.3. The number of benzene rings is 1. The largest absolute Gasteiger partial charge is 0.412 e. The fraction of sp³-hybridized carbons (Fsp3) is 0.652. The second-order valence-corrected chi connectivity index (χ2v) is 8.71. The summed E-state index contributed by atoms with van der Waals surface area (Å²) < 4.78 is 10.8. The Labute approximate surface area is 178 Å². The number of likely N-dealkylation sites (tertiary alicyclic amines) is 1. The summed E-state index contributed by atoms with van der Waals surface area (Å²) in [6, 6.07) is 7.96. The van der Waals surface area contributed by atoms with Crippen LogP contribution in [0.15, 0.2) is 24.3 Å². The van der Waals surface area contributed by atoms with Crippen LogP contribution in [-0.2, 0) is 9.53 Å². The molecule has 0 saturated carbocycles. The number of ether oxygens (including phenoxy) is 2. The average Bonchev–Trinajstić information content (AvgIpc) is 3.09. The van der Waals surface area contributed by atoms with E-state index in [4.69, 9.17) is 9.47 Å². The van der Waals surface area contributed by atoms with Gasteiger partial charge in [0.05, 0.1) is 5.41 Å². The third-order valence-corrected chi connectivity index (χ3v) is 6.69. The van der Waals surface area contributed by atoms with Gasteiger partial charge in [0, 0.05) is 51.1 Å². The molecule has 4 rings (SSSR count). The van der Waals surface area contributed by atoms with Gasteiger partial charge in [-0.3, -0.25) is 4.79 Å². The van der Waals surface area contributed by atoms with Crippen molar-refractivity contribution in [2.24, 2.45) is 5.41 Å². The lowest BCUT2D eigenvalue weighted by Crippen LogP contribution is -2.50. The molecule has 1 aromatic rings. The molecule has 1 N–H and O–H groups in total. The van der Waals surface area contributed by atoms with Crippen molar-refractivity contribution < 1.29 is 19.1 Å². The minimum atomic E-state index is -0.425. The third-order valence-electron chi connectivity index (χ3n) is 6.69. The van der Waals surface area contributed by atoms with Crippen molar-refractivity contribution in [3.05, 3.63) is 24.3 Å². The molecular formula is C23H33N3O4. The molecule has 30 heavy (non-hydrogen) atoms. The maximum atomic E-state index is 13.4. The number of nitrogens with one attached hydrogen (secondary N) is 1. The molecule has 0 aliphatic carbocycles. The lowest BCUT2D eigenvalue weighted by atomic mass is 9.78. The van der Waals surface area contributed by atoms with Crippen molar-refractivity contribution in [1.82, 2.24) is 10.2 Å². The van der Waals surface area contributed by atoms with Gasteiger partial charge in [-0.05, 0) is 62.8 Å². The Morgan fingerprint density at radius 3 is 2.70 bits per heavy atom. The van der Waals surface area contributed by atoms with E-state index in [1.54, 1.807) is 0 Å². The van der Waals surface area contributed by atoms with E-state index in [2.05, 4.69) is 15.1 Å². The molecule has 2 amide bonds. The van der Waals surface area contributed by atoms with E-state index in [1.165, 1.54) is 0 Å². The summed E-state index contributed by atoms with van der Waals surface area (Å²) in [4.78, 5) is 29.6. The molecular weight excluding hydrogens is 382 g/mol. The summed E-state index contributed by atoms with van der Waals surface area (Å²) in [5, 5.41) is 2.71. The molecule has 0 unspecified atom stereocenters. The van der Waals surface area contributed by atoms with E-state index in [-0.39, 0.29) is 5.41 Å². The SMILES string of the molecule is CCCNC(=O)Oc1ccc(N2CCC[C@@]3(CCN(C4CCOCC4)C3=O)C2)cc1. The minimum absolute atomic E-state index is 0.258. The molecule has 1 spiro atoms. The smallest absolute Gasteiger partial charge is 0.410 e. The summed E-state index contributed by atoms with van der Waals surface area (Å²) in [5.74, 6) is 0.869. The number of amides is 2. The van der Waals surface area contributed by atoms with E-state index in [0.717, 1.165) is 77.1 Å². The highest BCUT2D eigenvalue weighted by atomic mass is 16.6. The van der Waals surface area contributed by atoms with Crippen LogP contribution in [0.3, 0.4) is 0 Å². The normalized spacial score (nSPS) is 25.0. The Balaban J connectivity index is 1.39. The first-order valence-electron chi connectivity index (χ1n) is 11.3. The fourth-order valence-electron chi connectivity index (χ4n) is 5.02. The number of carbonyl (C=O) groups is 2. The quantitative estimate of drug-likeness (QED) is 0.800. The van der Waals surface area contributed by atoms with E-state index >= 15 is 0 Å². The first kappa shape index (κ1) is 21.0. The minimum Gasteiger partial charge on any atom is -0.410 e. The second-order valence-electron chi connectivity index (χ2n) is 8.71. The molecule has 1 atom stereocenters. The molecule has 0 bridgehead atoms. The Hall–Kier alpha value is -2.28. The molecule has 0 aromatic heterocycles. The van der Waals surface area contributed by atoms with Crippen molar-refractivity contribution in [3.8, 4) is 5.75 Å². The highest BCUT2D eigenvalue weighted by molar-refractivity contribution is 5.86. The zero-order valence-corrected chi connectivity index (χ0v) is 17.9.